The van der Waals surface area contributed by atoms with Crippen LogP contribution in [0.25, 0.3) is 22.3 Å². The van der Waals surface area contributed by atoms with Gasteiger partial charge in [-0.05, 0) is 63.0 Å². The van der Waals surface area contributed by atoms with Crippen molar-refractivity contribution < 1.29 is 4.74 Å². The van der Waals surface area contributed by atoms with Gasteiger partial charge in [0.1, 0.15) is 5.52 Å². The highest BCUT2D eigenvalue weighted by Gasteiger charge is 2.27. The molecule has 0 radical (unpaired) electrons. The van der Waals surface area contributed by atoms with E-state index in [2.05, 4.69) is 39.7 Å². The Morgan fingerprint density at radius 1 is 1.08 bits per heavy atom. The van der Waals surface area contributed by atoms with E-state index in [1.54, 1.807) is 0 Å². The molecule has 2 aromatic carbocycles. The van der Waals surface area contributed by atoms with Crippen molar-refractivity contribution in [2.24, 2.45) is 5.92 Å². The number of pyridine rings is 1. The standard InChI is InChI=1S/C31H36ClN5O2/c1-20(33-3)22-8-13-36(14-9-22)24-17-25-30-29(18-24)39-28-7-6-23(32)16-27(28)37(30)19-26(31(25)38)21(2)34-10-15-35-11-4-5-12-35/h6-7,16-19,22,33-34H,1-2,4-5,8-15H2,3H3. The first-order chi connectivity index (χ1) is 18.9. The first-order valence-corrected chi connectivity index (χ1v) is 14.3. The molecule has 3 aliphatic heterocycles. The maximum atomic E-state index is 14.0. The second-order valence-electron chi connectivity index (χ2n) is 10.8. The summed E-state index contributed by atoms with van der Waals surface area (Å²) < 4.78 is 8.41. The number of rotatable bonds is 8. The molecule has 0 saturated carbocycles. The van der Waals surface area contributed by atoms with Gasteiger partial charge in [0.25, 0.3) is 0 Å². The quantitative estimate of drug-likeness (QED) is 0.311. The van der Waals surface area contributed by atoms with Gasteiger partial charge in [-0.25, -0.2) is 0 Å². The summed E-state index contributed by atoms with van der Waals surface area (Å²) in [6.07, 6.45) is 6.42. The minimum absolute atomic E-state index is 0.0458. The molecule has 2 saturated heterocycles. The third-order valence-electron chi connectivity index (χ3n) is 8.41. The number of piperidine rings is 1. The summed E-state index contributed by atoms with van der Waals surface area (Å²) in [5.74, 6) is 1.84. The molecule has 0 unspecified atom stereocenters. The normalized spacial score (nSPS) is 17.1. The molecule has 0 aliphatic carbocycles. The SMILES string of the molecule is C=C(NCCN1CCCC1)c1cn2c3c(cc(N4CCC(C(=C)NC)CC4)cc3c1=O)Oc1ccc(Cl)cc1-2. The molecule has 1 aromatic heterocycles. The molecule has 204 valence electrons. The van der Waals surface area contributed by atoms with Gasteiger partial charge in [0.05, 0.1) is 16.6 Å². The largest absolute Gasteiger partial charge is 0.453 e. The Bertz CT molecular complexity index is 1500. The number of anilines is 1. The summed E-state index contributed by atoms with van der Waals surface area (Å²) in [7, 11) is 1.93. The number of likely N-dealkylation sites (tertiary alicyclic amines) is 1. The smallest absolute Gasteiger partial charge is 0.198 e. The van der Waals surface area contributed by atoms with Crippen LogP contribution in [0, 0.1) is 5.92 Å². The van der Waals surface area contributed by atoms with E-state index in [1.807, 2.05) is 42.1 Å². The van der Waals surface area contributed by atoms with Crippen LogP contribution in [-0.4, -0.2) is 55.8 Å². The van der Waals surface area contributed by atoms with Gasteiger partial charge in [-0.15, -0.1) is 0 Å². The Labute approximate surface area is 234 Å². The predicted octanol–water partition coefficient (Wildman–Crippen LogP) is 5.36. The Kier molecular flexibility index (Phi) is 7.04. The van der Waals surface area contributed by atoms with Gasteiger partial charge >= 0.3 is 0 Å². The molecule has 3 aromatic rings. The summed E-state index contributed by atoms with van der Waals surface area (Å²) in [5, 5.41) is 7.86. The highest BCUT2D eigenvalue weighted by molar-refractivity contribution is 6.30. The molecule has 3 aliphatic rings. The third kappa shape index (κ3) is 4.90. The van der Waals surface area contributed by atoms with Crippen molar-refractivity contribution in [3.05, 3.63) is 76.2 Å². The van der Waals surface area contributed by atoms with Crippen LogP contribution in [0.15, 0.2) is 60.2 Å². The summed E-state index contributed by atoms with van der Waals surface area (Å²) in [5.41, 5.74) is 4.80. The molecule has 7 nitrogen and oxygen atoms in total. The summed E-state index contributed by atoms with van der Waals surface area (Å²) in [6.45, 7) is 14.2. The molecular formula is C31H36ClN5O2. The lowest BCUT2D eigenvalue weighted by Gasteiger charge is -2.35. The fourth-order valence-electron chi connectivity index (χ4n) is 6.12. The van der Waals surface area contributed by atoms with Crippen LogP contribution >= 0.6 is 11.6 Å². The lowest BCUT2D eigenvalue weighted by atomic mass is 9.93. The molecule has 2 fully saturated rings. The Morgan fingerprint density at radius 3 is 2.59 bits per heavy atom. The van der Waals surface area contributed by atoms with Crippen LogP contribution in [0.2, 0.25) is 5.02 Å². The van der Waals surface area contributed by atoms with Crippen LogP contribution in [-0.2, 0) is 0 Å². The number of aromatic nitrogens is 1. The molecule has 8 heteroatoms. The Morgan fingerprint density at radius 2 is 1.85 bits per heavy atom. The molecule has 0 bridgehead atoms. The van der Waals surface area contributed by atoms with Crippen LogP contribution in [0.1, 0.15) is 31.2 Å². The number of ether oxygens (including phenoxy) is 1. The highest BCUT2D eigenvalue weighted by atomic mass is 35.5. The first kappa shape index (κ1) is 25.8. The van der Waals surface area contributed by atoms with Crippen LogP contribution in [0.5, 0.6) is 11.5 Å². The Hall–Kier alpha value is -3.42. The van der Waals surface area contributed by atoms with Crippen molar-refractivity contribution in [1.82, 2.24) is 20.1 Å². The monoisotopic (exact) mass is 545 g/mol. The highest BCUT2D eigenvalue weighted by Crippen LogP contribution is 2.43. The van der Waals surface area contributed by atoms with Crippen molar-refractivity contribution in [3.63, 3.8) is 0 Å². The van der Waals surface area contributed by atoms with E-state index >= 15 is 0 Å². The van der Waals surface area contributed by atoms with Gasteiger partial charge in [0.2, 0.25) is 0 Å². The lowest BCUT2D eigenvalue weighted by molar-refractivity contribution is 0.343. The number of nitrogens with zero attached hydrogens (tertiary/aromatic N) is 3. The van der Waals surface area contributed by atoms with Gasteiger partial charge in [-0.1, -0.05) is 24.8 Å². The molecule has 0 atom stereocenters. The van der Waals surface area contributed by atoms with Crippen molar-refractivity contribution in [2.75, 3.05) is 51.2 Å². The number of halogens is 1. The molecule has 0 spiro atoms. The van der Waals surface area contributed by atoms with E-state index in [9.17, 15) is 4.79 Å². The molecule has 39 heavy (non-hydrogen) atoms. The summed E-state index contributed by atoms with van der Waals surface area (Å²) in [4.78, 5) is 18.8. The van der Waals surface area contributed by atoms with E-state index in [4.69, 9.17) is 16.3 Å². The molecular weight excluding hydrogens is 510 g/mol. The van der Waals surface area contributed by atoms with Crippen molar-refractivity contribution in [3.8, 4) is 17.2 Å². The van der Waals surface area contributed by atoms with E-state index in [0.717, 1.165) is 74.7 Å². The van der Waals surface area contributed by atoms with Crippen LogP contribution in [0.4, 0.5) is 5.69 Å². The average Bonchev–Trinajstić information content (AvgIpc) is 3.47. The van der Waals surface area contributed by atoms with Crippen molar-refractivity contribution in [1.29, 1.82) is 0 Å². The minimum atomic E-state index is -0.0458. The first-order valence-electron chi connectivity index (χ1n) is 13.9. The number of hydrogen-bond acceptors (Lipinski definition) is 6. The van der Waals surface area contributed by atoms with Gasteiger partial charge in [-0.2, -0.15) is 0 Å². The number of benzene rings is 2. The lowest BCUT2D eigenvalue weighted by Crippen LogP contribution is -2.35. The second-order valence-corrected chi connectivity index (χ2v) is 11.2. The van der Waals surface area contributed by atoms with Gasteiger partial charge in [0, 0.05) is 73.5 Å². The maximum absolute atomic E-state index is 14.0. The zero-order chi connectivity index (χ0) is 27.1. The molecule has 0 amide bonds. The number of fused-ring (bicyclic) bond motifs is 2. The van der Waals surface area contributed by atoms with Gasteiger partial charge < -0.3 is 29.7 Å². The number of nitrogens with one attached hydrogen (secondary N) is 2. The predicted molar refractivity (Wildman–Crippen MR) is 160 cm³/mol. The van der Waals surface area contributed by atoms with Crippen LogP contribution < -0.4 is 25.7 Å². The topological polar surface area (TPSA) is 61.8 Å². The van der Waals surface area contributed by atoms with E-state index in [1.165, 1.54) is 12.8 Å². The molecule has 4 heterocycles. The van der Waals surface area contributed by atoms with Crippen molar-refractivity contribution >= 4 is 33.9 Å². The van der Waals surface area contributed by atoms with E-state index in [-0.39, 0.29) is 5.43 Å². The fourth-order valence-corrected chi connectivity index (χ4v) is 6.28. The maximum Gasteiger partial charge on any atom is 0.198 e. The van der Waals surface area contributed by atoms with E-state index < -0.39 is 0 Å². The third-order valence-corrected chi connectivity index (χ3v) is 8.65. The number of allylic oxidation sites excluding steroid dienone is 1. The minimum Gasteiger partial charge on any atom is -0.453 e. The molecule has 2 N–H and O–H groups in total. The van der Waals surface area contributed by atoms with E-state index in [0.29, 0.717) is 39.1 Å². The van der Waals surface area contributed by atoms with Crippen molar-refractivity contribution in [2.45, 2.75) is 25.7 Å². The zero-order valence-electron chi connectivity index (χ0n) is 22.6. The Balaban J connectivity index is 1.39. The van der Waals surface area contributed by atoms with Gasteiger partial charge in [0.15, 0.2) is 16.9 Å². The van der Waals surface area contributed by atoms with Gasteiger partial charge in [-0.3, -0.25) is 4.79 Å². The fraction of sp³-hybridized carbons (Fsp3) is 0.387. The zero-order valence-corrected chi connectivity index (χ0v) is 23.3. The number of hydrogen-bond donors (Lipinski definition) is 2. The summed E-state index contributed by atoms with van der Waals surface area (Å²) >= 11 is 6.39. The second kappa shape index (κ2) is 10.6. The summed E-state index contributed by atoms with van der Waals surface area (Å²) in [6, 6.07) is 9.67. The van der Waals surface area contributed by atoms with Crippen LogP contribution in [0.3, 0.4) is 0 Å². The molecule has 6 rings (SSSR count). The average molecular weight is 546 g/mol.